The van der Waals surface area contributed by atoms with Crippen LogP contribution in [-0.4, -0.2) is 37.0 Å². The summed E-state index contributed by atoms with van der Waals surface area (Å²) < 4.78 is 10.9. The van der Waals surface area contributed by atoms with Gasteiger partial charge in [-0.2, -0.15) is 0 Å². The van der Waals surface area contributed by atoms with Crippen LogP contribution >= 0.6 is 0 Å². The number of hydrogen-bond acceptors (Lipinski definition) is 4. The predicted octanol–water partition coefficient (Wildman–Crippen LogP) is 1.80. The van der Waals surface area contributed by atoms with Gasteiger partial charge in [-0.05, 0) is 46.5 Å². The number of amides is 1. The Balaban J connectivity index is 2.34. The minimum absolute atomic E-state index is 0.0806. The van der Waals surface area contributed by atoms with Crippen LogP contribution in [0.5, 0.6) is 0 Å². The number of rotatable bonds is 4. The first-order chi connectivity index (χ1) is 8.40. The topological polar surface area (TPSA) is 73.6 Å². The van der Waals surface area contributed by atoms with Gasteiger partial charge < -0.3 is 20.5 Å². The van der Waals surface area contributed by atoms with Gasteiger partial charge >= 0.3 is 6.09 Å². The molecule has 0 aromatic rings. The first-order valence-electron chi connectivity index (χ1n) is 6.72. The molecule has 2 atom stereocenters. The molecule has 3 N–H and O–H groups in total. The summed E-state index contributed by atoms with van der Waals surface area (Å²) in [6, 6.07) is -0.0806. The third-order valence-corrected chi connectivity index (χ3v) is 2.83. The zero-order valence-electron chi connectivity index (χ0n) is 11.7. The van der Waals surface area contributed by atoms with Gasteiger partial charge in [-0.1, -0.05) is 0 Å². The number of nitrogens with one attached hydrogen (secondary N) is 1. The number of alkyl carbamates (subject to hydrolysis) is 1. The lowest BCUT2D eigenvalue weighted by Crippen LogP contribution is -2.45. The van der Waals surface area contributed by atoms with E-state index in [1.165, 1.54) is 6.42 Å². The van der Waals surface area contributed by atoms with Gasteiger partial charge in [-0.15, -0.1) is 0 Å². The third kappa shape index (κ3) is 6.21. The number of nitrogens with two attached hydrogens (primary N) is 1. The first kappa shape index (κ1) is 15.2. The minimum Gasteiger partial charge on any atom is -0.444 e. The first-order valence-corrected chi connectivity index (χ1v) is 6.72. The van der Waals surface area contributed by atoms with Crippen molar-refractivity contribution in [2.75, 3.05) is 13.2 Å². The Hall–Kier alpha value is -0.810. The fraction of sp³-hybridized carbons (Fsp3) is 0.923. The second-order valence-corrected chi connectivity index (χ2v) is 5.80. The molecule has 5 heteroatoms. The molecule has 1 aliphatic heterocycles. The summed E-state index contributed by atoms with van der Waals surface area (Å²) >= 11 is 0. The molecular formula is C13H26N2O3. The highest BCUT2D eigenvalue weighted by atomic mass is 16.6. The van der Waals surface area contributed by atoms with E-state index in [1.807, 2.05) is 20.8 Å². The van der Waals surface area contributed by atoms with Gasteiger partial charge in [0.1, 0.15) is 5.60 Å². The molecule has 1 rings (SSSR count). The lowest BCUT2D eigenvalue weighted by Gasteiger charge is -2.28. The Labute approximate surface area is 109 Å². The van der Waals surface area contributed by atoms with Crippen LogP contribution in [0.25, 0.3) is 0 Å². The third-order valence-electron chi connectivity index (χ3n) is 2.83. The minimum atomic E-state index is -0.482. The van der Waals surface area contributed by atoms with E-state index in [0.717, 1.165) is 25.9 Å². The molecule has 0 spiro atoms. The van der Waals surface area contributed by atoms with Crippen LogP contribution in [-0.2, 0) is 9.47 Å². The van der Waals surface area contributed by atoms with E-state index in [0.29, 0.717) is 6.54 Å². The molecule has 106 valence electrons. The number of hydrogen-bond donors (Lipinski definition) is 2. The van der Waals surface area contributed by atoms with Gasteiger partial charge in [-0.3, -0.25) is 0 Å². The summed E-state index contributed by atoms with van der Waals surface area (Å²) in [4.78, 5) is 11.6. The maximum atomic E-state index is 11.6. The normalized spacial score (nSPS) is 22.3. The summed E-state index contributed by atoms with van der Waals surface area (Å²) in [5.41, 5.74) is 5.19. The molecule has 0 aromatic heterocycles. The summed E-state index contributed by atoms with van der Waals surface area (Å²) in [5.74, 6) is 0. The smallest absolute Gasteiger partial charge is 0.407 e. The standard InChI is InChI=1S/C13H26N2O3/c1-13(2,3)18-12(16)15-10(9-14)8-11-6-4-5-7-17-11/h10-11H,4-9,14H2,1-3H3,(H,15,16)/t10-,11?/m0/s1. The van der Waals surface area contributed by atoms with Crippen molar-refractivity contribution in [3.8, 4) is 0 Å². The predicted molar refractivity (Wildman–Crippen MR) is 70.4 cm³/mol. The molecular weight excluding hydrogens is 232 g/mol. The number of ether oxygens (including phenoxy) is 2. The van der Waals surface area contributed by atoms with Gasteiger partial charge in [0.05, 0.1) is 6.10 Å². The average molecular weight is 258 g/mol. The molecule has 0 saturated carbocycles. The van der Waals surface area contributed by atoms with E-state index in [9.17, 15) is 4.79 Å². The van der Waals surface area contributed by atoms with E-state index in [4.69, 9.17) is 15.2 Å². The van der Waals surface area contributed by atoms with E-state index in [-0.39, 0.29) is 12.1 Å². The Morgan fingerprint density at radius 3 is 2.72 bits per heavy atom. The molecule has 5 nitrogen and oxygen atoms in total. The number of carbonyl (C=O) groups excluding carboxylic acids is 1. The molecule has 1 aliphatic rings. The van der Waals surface area contributed by atoms with Crippen molar-refractivity contribution in [2.24, 2.45) is 5.73 Å². The lowest BCUT2D eigenvalue weighted by atomic mass is 10.0. The Morgan fingerprint density at radius 1 is 1.50 bits per heavy atom. The molecule has 0 aromatic carbocycles. The van der Waals surface area contributed by atoms with Crippen LogP contribution in [0.4, 0.5) is 4.79 Å². The molecule has 1 heterocycles. The van der Waals surface area contributed by atoms with Crippen molar-refractivity contribution >= 4 is 6.09 Å². The molecule has 1 fully saturated rings. The van der Waals surface area contributed by atoms with E-state index < -0.39 is 11.7 Å². The molecule has 1 unspecified atom stereocenters. The molecule has 0 radical (unpaired) electrons. The highest BCUT2D eigenvalue weighted by Gasteiger charge is 2.22. The molecule has 0 aliphatic carbocycles. The second-order valence-electron chi connectivity index (χ2n) is 5.80. The maximum Gasteiger partial charge on any atom is 0.407 e. The van der Waals surface area contributed by atoms with Crippen molar-refractivity contribution in [1.82, 2.24) is 5.32 Å². The van der Waals surface area contributed by atoms with Crippen LogP contribution in [0.2, 0.25) is 0 Å². The largest absolute Gasteiger partial charge is 0.444 e. The Morgan fingerprint density at radius 2 is 2.22 bits per heavy atom. The SMILES string of the molecule is CC(C)(C)OC(=O)N[C@H](CN)CC1CCCCO1. The van der Waals surface area contributed by atoms with E-state index >= 15 is 0 Å². The van der Waals surface area contributed by atoms with Crippen LogP contribution in [0.15, 0.2) is 0 Å². The quantitative estimate of drug-likeness (QED) is 0.806. The summed E-state index contributed by atoms with van der Waals surface area (Å²) in [6.07, 6.45) is 3.93. The zero-order valence-corrected chi connectivity index (χ0v) is 11.7. The summed E-state index contributed by atoms with van der Waals surface area (Å²) in [5, 5.41) is 2.80. The zero-order chi connectivity index (χ0) is 13.6. The lowest BCUT2D eigenvalue weighted by molar-refractivity contribution is 0.00388. The van der Waals surface area contributed by atoms with Crippen molar-refractivity contribution in [2.45, 2.75) is 64.2 Å². The molecule has 18 heavy (non-hydrogen) atoms. The van der Waals surface area contributed by atoms with Crippen LogP contribution in [0, 0.1) is 0 Å². The molecule has 0 bridgehead atoms. The van der Waals surface area contributed by atoms with Crippen molar-refractivity contribution in [1.29, 1.82) is 0 Å². The van der Waals surface area contributed by atoms with E-state index in [1.54, 1.807) is 0 Å². The van der Waals surface area contributed by atoms with Crippen molar-refractivity contribution in [3.05, 3.63) is 0 Å². The molecule has 1 saturated heterocycles. The van der Waals surface area contributed by atoms with E-state index in [2.05, 4.69) is 5.32 Å². The average Bonchev–Trinajstić information content (AvgIpc) is 2.27. The highest BCUT2D eigenvalue weighted by molar-refractivity contribution is 5.68. The van der Waals surface area contributed by atoms with Crippen molar-refractivity contribution < 1.29 is 14.3 Å². The Bertz CT molecular complexity index is 257. The van der Waals surface area contributed by atoms with Gasteiger partial charge in [0.15, 0.2) is 0 Å². The maximum absolute atomic E-state index is 11.6. The van der Waals surface area contributed by atoms with Crippen LogP contribution < -0.4 is 11.1 Å². The van der Waals surface area contributed by atoms with Gasteiger partial charge in [0, 0.05) is 19.2 Å². The second kappa shape index (κ2) is 6.95. The monoisotopic (exact) mass is 258 g/mol. The van der Waals surface area contributed by atoms with Crippen molar-refractivity contribution in [3.63, 3.8) is 0 Å². The summed E-state index contributed by atoms with van der Waals surface area (Å²) in [7, 11) is 0. The van der Waals surface area contributed by atoms with Gasteiger partial charge in [0.2, 0.25) is 0 Å². The Kier molecular flexibility index (Phi) is 5.88. The van der Waals surface area contributed by atoms with Crippen LogP contribution in [0.3, 0.4) is 0 Å². The fourth-order valence-corrected chi connectivity index (χ4v) is 2.00. The van der Waals surface area contributed by atoms with Crippen LogP contribution in [0.1, 0.15) is 46.5 Å². The van der Waals surface area contributed by atoms with Gasteiger partial charge in [-0.25, -0.2) is 4.79 Å². The highest BCUT2D eigenvalue weighted by Crippen LogP contribution is 2.17. The number of carbonyl (C=O) groups is 1. The fourth-order valence-electron chi connectivity index (χ4n) is 2.00. The van der Waals surface area contributed by atoms with Gasteiger partial charge in [0.25, 0.3) is 0 Å². The molecule has 1 amide bonds. The summed E-state index contributed by atoms with van der Waals surface area (Å²) in [6.45, 7) is 6.74.